The van der Waals surface area contributed by atoms with Gasteiger partial charge in [0.25, 0.3) is 5.91 Å². The minimum absolute atomic E-state index is 0.183. The second-order valence-corrected chi connectivity index (χ2v) is 14.0. The molecule has 0 spiro atoms. The molecule has 45 heavy (non-hydrogen) atoms. The van der Waals surface area contributed by atoms with E-state index in [2.05, 4.69) is 20.3 Å². The fourth-order valence-corrected chi connectivity index (χ4v) is 5.17. The van der Waals surface area contributed by atoms with Crippen molar-refractivity contribution in [3.8, 4) is 11.5 Å². The van der Waals surface area contributed by atoms with Crippen LogP contribution < -0.4 is 41.4 Å². The van der Waals surface area contributed by atoms with E-state index in [1.807, 2.05) is 27.7 Å². The maximum Gasteiger partial charge on any atom is 0.255 e. The standard InChI is InChI=1S/C32H43N7O5S/c1-19-8-11-21(31(40)37-25-14-23(32(2,3)4)15-26(29(25)44-6)38-45(7,41)42)12-27(19)39(34)18-24(33)22-13-28(43-5)30(36-17-22)35-16-20-9-10-20/h8,11-15,17-18,20,38H,9-10,16,33-34H2,1-7H3,(H,35,36)(H,37,40)/b24-18-. The van der Waals surface area contributed by atoms with Crippen molar-refractivity contribution in [2.45, 2.75) is 46.0 Å². The van der Waals surface area contributed by atoms with Gasteiger partial charge in [-0.15, -0.1) is 0 Å². The topological polar surface area (TPSA) is 174 Å². The number of nitrogens with one attached hydrogen (secondary N) is 3. The zero-order valence-electron chi connectivity index (χ0n) is 26.8. The van der Waals surface area contributed by atoms with Crippen molar-refractivity contribution in [1.29, 1.82) is 0 Å². The summed E-state index contributed by atoms with van der Waals surface area (Å²) in [4.78, 5) is 18.0. The quantitative estimate of drug-likeness (QED) is 0.137. The molecule has 13 heteroatoms. The fourth-order valence-electron chi connectivity index (χ4n) is 4.62. The van der Waals surface area contributed by atoms with E-state index >= 15 is 0 Å². The summed E-state index contributed by atoms with van der Waals surface area (Å²) in [7, 11) is -0.633. The number of hydrogen-bond acceptors (Lipinski definition) is 10. The first-order chi connectivity index (χ1) is 21.1. The molecule has 0 atom stereocenters. The molecule has 2 aromatic carbocycles. The smallest absolute Gasteiger partial charge is 0.255 e. The number of ether oxygens (including phenoxy) is 2. The Balaban J connectivity index is 1.60. The summed E-state index contributed by atoms with van der Waals surface area (Å²) in [5, 5.41) is 7.55. The zero-order chi connectivity index (χ0) is 33.1. The second-order valence-electron chi connectivity index (χ2n) is 12.3. The molecule has 0 radical (unpaired) electrons. The lowest BCUT2D eigenvalue weighted by molar-refractivity contribution is 0.102. The number of amides is 1. The van der Waals surface area contributed by atoms with Crippen molar-refractivity contribution in [2.24, 2.45) is 17.5 Å². The summed E-state index contributed by atoms with van der Waals surface area (Å²) in [5.41, 5.74) is 10.0. The fraction of sp³-hybridized carbons (Fsp3) is 0.375. The highest BCUT2D eigenvalue weighted by Gasteiger charge is 2.24. The zero-order valence-corrected chi connectivity index (χ0v) is 27.6. The molecule has 0 unspecified atom stereocenters. The van der Waals surface area contributed by atoms with Crippen LogP contribution >= 0.6 is 0 Å². The number of nitrogens with zero attached hydrogens (tertiary/aromatic N) is 2. The van der Waals surface area contributed by atoms with Gasteiger partial charge >= 0.3 is 0 Å². The summed E-state index contributed by atoms with van der Waals surface area (Å²) < 4.78 is 37.7. The number of hydrogen-bond donors (Lipinski definition) is 5. The number of hydrazine groups is 1. The van der Waals surface area contributed by atoms with Crippen LogP contribution in [0, 0.1) is 12.8 Å². The monoisotopic (exact) mass is 637 g/mol. The Morgan fingerprint density at radius 3 is 2.38 bits per heavy atom. The van der Waals surface area contributed by atoms with E-state index in [9.17, 15) is 13.2 Å². The van der Waals surface area contributed by atoms with Gasteiger partial charge in [0.2, 0.25) is 10.0 Å². The Hall–Kier alpha value is -4.49. The van der Waals surface area contributed by atoms with Crippen molar-refractivity contribution < 1.29 is 22.7 Å². The number of pyridine rings is 1. The van der Waals surface area contributed by atoms with Crippen LogP contribution in [0.15, 0.2) is 48.8 Å². The molecular weight excluding hydrogens is 594 g/mol. The molecule has 1 fully saturated rings. The number of carbonyl (C=O) groups excluding carboxylic acids is 1. The molecular formula is C32H43N7O5S. The maximum absolute atomic E-state index is 13.5. The maximum atomic E-state index is 13.5. The Kier molecular flexibility index (Phi) is 9.83. The van der Waals surface area contributed by atoms with E-state index in [0.717, 1.165) is 23.9 Å². The van der Waals surface area contributed by atoms with Crippen molar-refractivity contribution in [3.05, 3.63) is 71.0 Å². The predicted molar refractivity (Wildman–Crippen MR) is 180 cm³/mol. The van der Waals surface area contributed by atoms with Crippen LogP contribution in [0.25, 0.3) is 5.70 Å². The minimum Gasteiger partial charge on any atom is -0.493 e. The van der Waals surface area contributed by atoms with Gasteiger partial charge in [0.15, 0.2) is 17.3 Å². The normalized spacial score (nSPS) is 13.6. The summed E-state index contributed by atoms with van der Waals surface area (Å²) in [5.74, 6) is 8.08. The Labute approximate surface area is 265 Å². The lowest BCUT2D eigenvalue weighted by atomic mass is 9.86. The van der Waals surface area contributed by atoms with Gasteiger partial charge in [-0.2, -0.15) is 0 Å². The molecule has 0 aliphatic heterocycles. The number of aromatic nitrogens is 1. The molecule has 7 N–H and O–H groups in total. The van der Waals surface area contributed by atoms with Gasteiger partial charge < -0.3 is 25.8 Å². The Morgan fingerprint density at radius 1 is 1.09 bits per heavy atom. The largest absolute Gasteiger partial charge is 0.493 e. The van der Waals surface area contributed by atoms with Crippen LogP contribution in [0.2, 0.25) is 0 Å². The Bertz CT molecular complexity index is 1710. The highest BCUT2D eigenvalue weighted by Crippen LogP contribution is 2.39. The van der Waals surface area contributed by atoms with Crippen molar-refractivity contribution >= 4 is 44.5 Å². The molecule has 0 bridgehead atoms. The first kappa shape index (κ1) is 33.4. The summed E-state index contributed by atoms with van der Waals surface area (Å²) in [6.07, 6.45) is 6.70. The van der Waals surface area contributed by atoms with Gasteiger partial charge in [0.05, 0.1) is 43.2 Å². The van der Waals surface area contributed by atoms with Gasteiger partial charge in [0, 0.05) is 30.1 Å². The minimum atomic E-state index is -3.62. The number of sulfonamides is 1. The number of methoxy groups -OCH3 is 2. The second kappa shape index (κ2) is 13.2. The molecule has 242 valence electrons. The average molecular weight is 638 g/mol. The van der Waals surface area contributed by atoms with Gasteiger partial charge in [-0.25, -0.2) is 19.2 Å². The third-order valence-electron chi connectivity index (χ3n) is 7.39. The van der Waals surface area contributed by atoms with Gasteiger partial charge in [-0.05, 0) is 72.6 Å². The van der Waals surface area contributed by atoms with E-state index in [-0.39, 0.29) is 16.9 Å². The lowest BCUT2D eigenvalue weighted by Crippen LogP contribution is -2.27. The molecule has 3 aromatic rings. The summed E-state index contributed by atoms with van der Waals surface area (Å²) >= 11 is 0. The SMILES string of the molecule is COc1cc(/C(N)=C/N(N)c2cc(C(=O)Nc3cc(C(C)(C)C)cc(NS(C)(=O)=O)c3OC)ccc2C)cnc1NCC1CC1. The number of nitrogens with two attached hydrogens (primary N) is 2. The molecule has 1 aliphatic rings. The van der Waals surface area contributed by atoms with Gasteiger partial charge in [-0.1, -0.05) is 26.8 Å². The highest BCUT2D eigenvalue weighted by atomic mass is 32.2. The number of rotatable bonds is 12. The Morgan fingerprint density at radius 2 is 1.78 bits per heavy atom. The van der Waals surface area contributed by atoms with E-state index in [1.165, 1.54) is 25.0 Å². The molecule has 0 saturated heterocycles. The van der Waals surface area contributed by atoms with Gasteiger partial charge in [-0.3, -0.25) is 14.5 Å². The average Bonchev–Trinajstić information content (AvgIpc) is 3.79. The predicted octanol–water partition coefficient (Wildman–Crippen LogP) is 4.79. The van der Waals surface area contributed by atoms with Crippen molar-refractivity contribution in [1.82, 2.24) is 4.98 Å². The molecule has 12 nitrogen and oxygen atoms in total. The third-order valence-corrected chi connectivity index (χ3v) is 7.98. The number of benzene rings is 2. The first-order valence-electron chi connectivity index (χ1n) is 14.5. The highest BCUT2D eigenvalue weighted by molar-refractivity contribution is 7.92. The van der Waals surface area contributed by atoms with Crippen LogP contribution in [-0.4, -0.2) is 46.3 Å². The van der Waals surface area contributed by atoms with Crippen molar-refractivity contribution in [2.75, 3.05) is 47.4 Å². The van der Waals surface area contributed by atoms with Gasteiger partial charge in [0.1, 0.15) is 0 Å². The van der Waals surface area contributed by atoms with Crippen LogP contribution in [0.3, 0.4) is 0 Å². The van der Waals surface area contributed by atoms with E-state index in [1.54, 1.807) is 55.9 Å². The number of anilines is 4. The third kappa shape index (κ3) is 8.58. The lowest BCUT2D eigenvalue weighted by Gasteiger charge is -2.24. The molecule has 1 amide bonds. The van der Waals surface area contributed by atoms with E-state index < -0.39 is 15.9 Å². The number of carbonyl (C=O) groups is 1. The molecule has 4 rings (SSSR count). The van der Waals surface area contributed by atoms with E-state index in [4.69, 9.17) is 21.1 Å². The molecule has 1 heterocycles. The van der Waals surface area contributed by atoms with Crippen LogP contribution in [-0.2, 0) is 15.4 Å². The summed E-state index contributed by atoms with van der Waals surface area (Å²) in [6.45, 7) is 8.67. The van der Waals surface area contributed by atoms with Crippen molar-refractivity contribution in [3.63, 3.8) is 0 Å². The molecule has 1 saturated carbocycles. The van der Waals surface area contributed by atoms with Crippen LogP contribution in [0.5, 0.6) is 11.5 Å². The number of aryl methyl sites for hydroxylation is 1. The molecule has 1 aliphatic carbocycles. The van der Waals surface area contributed by atoms with E-state index in [0.29, 0.717) is 45.7 Å². The summed E-state index contributed by atoms with van der Waals surface area (Å²) in [6, 6.07) is 10.4. The molecule has 1 aromatic heterocycles. The van der Waals surface area contributed by atoms with Crippen LogP contribution in [0.1, 0.15) is 60.7 Å². The first-order valence-corrected chi connectivity index (χ1v) is 16.4. The van der Waals surface area contributed by atoms with Crippen LogP contribution in [0.4, 0.5) is 22.9 Å².